The van der Waals surface area contributed by atoms with Gasteiger partial charge in [0.05, 0.1) is 0 Å². The zero-order chi connectivity index (χ0) is 13.0. The van der Waals surface area contributed by atoms with Gasteiger partial charge < -0.3 is 4.90 Å². The predicted molar refractivity (Wildman–Crippen MR) is 77.2 cm³/mol. The fourth-order valence-corrected chi connectivity index (χ4v) is 2.13. The van der Waals surface area contributed by atoms with E-state index in [4.69, 9.17) is 11.6 Å². The largest absolute Gasteiger partial charge is 0.367 e. The standard InChI is InChI=1S/C15H17ClN2/c1-3-18(14-8-4-6-12(2)10-14)11-13-7-5-9-17-15(13)16/h4-10H,3,11H2,1-2H3. The summed E-state index contributed by atoms with van der Waals surface area (Å²) in [5, 5.41) is 0.587. The van der Waals surface area contributed by atoms with Gasteiger partial charge in [-0.15, -0.1) is 0 Å². The minimum Gasteiger partial charge on any atom is -0.367 e. The molecule has 0 spiro atoms. The monoisotopic (exact) mass is 260 g/mol. The fraction of sp³-hybridized carbons (Fsp3) is 0.267. The van der Waals surface area contributed by atoms with E-state index in [1.54, 1.807) is 6.20 Å². The van der Waals surface area contributed by atoms with E-state index in [0.717, 1.165) is 18.7 Å². The normalized spacial score (nSPS) is 10.4. The number of anilines is 1. The van der Waals surface area contributed by atoms with Crippen LogP contribution in [-0.2, 0) is 6.54 Å². The highest BCUT2D eigenvalue weighted by atomic mass is 35.5. The molecule has 2 aromatic rings. The van der Waals surface area contributed by atoms with Crippen LogP contribution in [0.25, 0.3) is 0 Å². The van der Waals surface area contributed by atoms with Crippen molar-refractivity contribution in [2.24, 2.45) is 0 Å². The number of pyridine rings is 1. The highest BCUT2D eigenvalue weighted by Crippen LogP contribution is 2.20. The molecule has 0 bridgehead atoms. The number of benzene rings is 1. The van der Waals surface area contributed by atoms with Crippen LogP contribution in [0, 0.1) is 6.92 Å². The first-order valence-corrected chi connectivity index (χ1v) is 6.49. The maximum Gasteiger partial charge on any atom is 0.133 e. The van der Waals surface area contributed by atoms with Crippen LogP contribution < -0.4 is 4.90 Å². The Morgan fingerprint density at radius 1 is 1.22 bits per heavy atom. The lowest BCUT2D eigenvalue weighted by Gasteiger charge is -2.23. The van der Waals surface area contributed by atoms with Gasteiger partial charge in [-0.2, -0.15) is 0 Å². The first-order valence-electron chi connectivity index (χ1n) is 6.11. The smallest absolute Gasteiger partial charge is 0.133 e. The third-order valence-electron chi connectivity index (χ3n) is 2.95. The van der Waals surface area contributed by atoms with Crippen LogP contribution in [0.1, 0.15) is 18.1 Å². The summed E-state index contributed by atoms with van der Waals surface area (Å²) < 4.78 is 0. The van der Waals surface area contributed by atoms with E-state index in [1.165, 1.54) is 11.3 Å². The summed E-state index contributed by atoms with van der Waals surface area (Å²) in [6.07, 6.45) is 1.72. The van der Waals surface area contributed by atoms with E-state index in [2.05, 4.69) is 48.0 Å². The second-order valence-electron chi connectivity index (χ2n) is 4.31. The highest BCUT2D eigenvalue weighted by molar-refractivity contribution is 6.30. The number of aryl methyl sites for hydroxylation is 1. The van der Waals surface area contributed by atoms with Gasteiger partial charge in [-0.25, -0.2) is 4.98 Å². The van der Waals surface area contributed by atoms with Crippen molar-refractivity contribution in [1.82, 2.24) is 4.98 Å². The summed E-state index contributed by atoms with van der Waals surface area (Å²) in [6, 6.07) is 12.4. The minimum atomic E-state index is 0.587. The number of nitrogens with zero attached hydrogens (tertiary/aromatic N) is 2. The molecule has 2 rings (SSSR count). The average molecular weight is 261 g/mol. The van der Waals surface area contributed by atoms with E-state index >= 15 is 0 Å². The fourth-order valence-electron chi connectivity index (χ4n) is 1.95. The molecule has 0 fully saturated rings. The summed E-state index contributed by atoms with van der Waals surface area (Å²) in [7, 11) is 0. The molecule has 94 valence electrons. The molecule has 1 aromatic heterocycles. The van der Waals surface area contributed by atoms with Crippen LogP contribution in [0.2, 0.25) is 5.15 Å². The molecule has 0 saturated heterocycles. The molecular formula is C15H17ClN2. The summed E-state index contributed by atoms with van der Waals surface area (Å²) in [5.41, 5.74) is 3.54. The van der Waals surface area contributed by atoms with E-state index in [9.17, 15) is 0 Å². The summed E-state index contributed by atoms with van der Waals surface area (Å²) in [6.45, 7) is 5.97. The van der Waals surface area contributed by atoms with Crippen molar-refractivity contribution in [2.45, 2.75) is 20.4 Å². The van der Waals surface area contributed by atoms with Crippen LogP contribution in [0.4, 0.5) is 5.69 Å². The van der Waals surface area contributed by atoms with Gasteiger partial charge in [-0.05, 0) is 37.6 Å². The van der Waals surface area contributed by atoms with Crippen LogP contribution >= 0.6 is 11.6 Å². The van der Waals surface area contributed by atoms with Gasteiger partial charge in [0.15, 0.2) is 0 Å². The van der Waals surface area contributed by atoms with Crippen LogP contribution in [0.5, 0.6) is 0 Å². The summed E-state index contributed by atoms with van der Waals surface area (Å²) >= 11 is 6.11. The molecule has 0 aliphatic carbocycles. The lowest BCUT2D eigenvalue weighted by Crippen LogP contribution is -2.22. The highest BCUT2D eigenvalue weighted by Gasteiger charge is 2.08. The molecule has 0 atom stereocenters. The van der Waals surface area contributed by atoms with Crippen molar-refractivity contribution in [3.8, 4) is 0 Å². The first kappa shape index (κ1) is 12.9. The van der Waals surface area contributed by atoms with Crippen LogP contribution in [0.15, 0.2) is 42.6 Å². The number of rotatable bonds is 4. The second-order valence-corrected chi connectivity index (χ2v) is 4.66. The second kappa shape index (κ2) is 5.87. The topological polar surface area (TPSA) is 16.1 Å². The zero-order valence-corrected chi connectivity index (χ0v) is 11.5. The van der Waals surface area contributed by atoms with Gasteiger partial charge in [0.2, 0.25) is 0 Å². The predicted octanol–water partition coefficient (Wildman–Crippen LogP) is 4.07. The molecule has 1 heterocycles. The molecule has 1 aromatic carbocycles. The van der Waals surface area contributed by atoms with Gasteiger partial charge in [0.25, 0.3) is 0 Å². The molecule has 3 heteroatoms. The Balaban J connectivity index is 2.23. The van der Waals surface area contributed by atoms with E-state index in [1.807, 2.05) is 12.1 Å². The van der Waals surface area contributed by atoms with Gasteiger partial charge in [0, 0.05) is 30.5 Å². The summed E-state index contributed by atoms with van der Waals surface area (Å²) in [4.78, 5) is 6.40. The third kappa shape index (κ3) is 3.02. The Labute approximate surface area is 113 Å². The van der Waals surface area contributed by atoms with Gasteiger partial charge in [-0.1, -0.05) is 29.8 Å². The van der Waals surface area contributed by atoms with Crippen LogP contribution in [-0.4, -0.2) is 11.5 Å². The SMILES string of the molecule is CCN(Cc1cccnc1Cl)c1cccc(C)c1. The minimum absolute atomic E-state index is 0.587. The summed E-state index contributed by atoms with van der Waals surface area (Å²) in [5.74, 6) is 0. The third-order valence-corrected chi connectivity index (χ3v) is 3.29. The van der Waals surface area contributed by atoms with Gasteiger partial charge >= 0.3 is 0 Å². The molecule has 0 radical (unpaired) electrons. The molecule has 2 nitrogen and oxygen atoms in total. The van der Waals surface area contributed by atoms with Crippen molar-refractivity contribution in [1.29, 1.82) is 0 Å². The van der Waals surface area contributed by atoms with Gasteiger partial charge in [-0.3, -0.25) is 0 Å². The van der Waals surface area contributed by atoms with Crippen molar-refractivity contribution in [2.75, 3.05) is 11.4 Å². The lowest BCUT2D eigenvalue weighted by molar-refractivity contribution is 0.827. The Bertz CT molecular complexity index is 525. The Kier molecular flexibility index (Phi) is 4.21. The van der Waals surface area contributed by atoms with Crippen molar-refractivity contribution >= 4 is 17.3 Å². The number of aromatic nitrogens is 1. The van der Waals surface area contributed by atoms with Crippen LogP contribution in [0.3, 0.4) is 0 Å². The lowest BCUT2D eigenvalue weighted by atomic mass is 10.2. The molecule has 0 unspecified atom stereocenters. The molecule has 0 amide bonds. The van der Waals surface area contributed by atoms with Crippen molar-refractivity contribution in [3.63, 3.8) is 0 Å². The molecular weight excluding hydrogens is 244 g/mol. The van der Waals surface area contributed by atoms with E-state index in [0.29, 0.717) is 5.15 Å². The Morgan fingerprint density at radius 3 is 2.72 bits per heavy atom. The maximum atomic E-state index is 6.11. The molecule has 0 aliphatic heterocycles. The van der Waals surface area contributed by atoms with E-state index in [-0.39, 0.29) is 0 Å². The Morgan fingerprint density at radius 2 is 2.06 bits per heavy atom. The zero-order valence-electron chi connectivity index (χ0n) is 10.7. The Hall–Kier alpha value is -1.54. The molecule has 0 N–H and O–H groups in total. The van der Waals surface area contributed by atoms with Crippen molar-refractivity contribution in [3.05, 3.63) is 58.9 Å². The molecule has 0 saturated carbocycles. The quantitative estimate of drug-likeness (QED) is 0.771. The van der Waals surface area contributed by atoms with Crippen molar-refractivity contribution < 1.29 is 0 Å². The number of hydrogen-bond donors (Lipinski definition) is 0. The number of hydrogen-bond acceptors (Lipinski definition) is 2. The van der Waals surface area contributed by atoms with Gasteiger partial charge in [0.1, 0.15) is 5.15 Å². The average Bonchev–Trinajstić information content (AvgIpc) is 2.38. The molecule has 0 aliphatic rings. The van der Waals surface area contributed by atoms with E-state index < -0.39 is 0 Å². The number of halogens is 1. The first-order chi connectivity index (χ1) is 8.70. The molecule has 18 heavy (non-hydrogen) atoms. The maximum absolute atomic E-state index is 6.11.